The van der Waals surface area contributed by atoms with E-state index < -0.39 is 34.2 Å². The lowest BCUT2D eigenvalue weighted by Crippen LogP contribution is -2.37. The van der Waals surface area contributed by atoms with Gasteiger partial charge in [-0.25, -0.2) is 17.2 Å². The Kier molecular flexibility index (Phi) is 6.49. The van der Waals surface area contributed by atoms with Crippen LogP contribution >= 0.6 is 0 Å². The third kappa shape index (κ3) is 5.30. The standard InChI is InChI=1S/C20H22F2N2O4S/c1-14-8-10-24(11-9-14)29(26,27)17-5-3-16(4-6-17)28-13-20(25)23-19-12-15(21)2-7-18(19)22/h2-7,12,14H,8-11,13H2,1H3,(H,23,25). The molecule has 2 aromatic carbocycles. The van der Waals surface area contributed by atoms with Gasteiger partial charge in [0, 0.05) is 19.2 Å². The summed E-state index contributed by atoms with van der Waals surface area (Å²) in [7, 11) is -3.56. The van der Waals surface area contributed by atoms with E-state index in [1.807, 2.05) is 0 Å². The van der Waals surface area contributed by atoms with E-state index in [0.29, 0.717) is 19.0 Å². The van der Waals surface area contributed by atoms with Crippen LogP contribution in [-0.4, -0.2) is 38.3 Å². The zero-order valence-electron chi connectivity index (χ0n) is 15.9. The Morgan fingerprint density at radius 1 is 1.14 bits per heavy atom. The van der Waals surface area contributed by atoms with Crippen LogP contribution in [0.15, 0.2) is 47.4 Å². The molecule has 1 heterocycles. The molecule has 156 valence electrons. The molecule has 0 unspecified atom stereocenters. The molecule has 0 bridgehead atoms. The highest BCUT2D eigenvalue weighted by Crippen LogP contribution is 2.25. The Bertz CT molecular complexity index is 972. The Morgan fingerprint density at radius 3 is 2.45 bits per heavy atom. The van der Waals surface area contributed by atoms with E-state index in [4.69, 9.17) is 4.74 Å². The number of carbonyl (C=O) groups is 1. The zero-order valence-corrected chi connectivity index (χ0v) is 16.7. The number of ether oxygens (including phenoxy) is 1. The molecule has 1 fully saturated rings. The topological polar surface area (TPSA) is 75.7 Å². The van der Waals surface area contributed by atoms with Crippen molar-refractivity contribution in [3.63, 3.8) is 0 Å². The second-order valence-corrected chi connectivity index (χ2v) is 8.96. The van der Waals surface area contributed by atoms with Crippen LogP contribution in [0.2, 0.25) is 0 Å². The van der Waals surface area contributed by atoms with E-state index in [9.17, 15) is 22.0 Å². The van der Waals surface area contributed by atoms with Crippen LogP contribution in [-0.2, 0) is 14.8 Å². The maximum atomic E-state index is 13.5. The average molecular weight is 424 g/mol. The van der Waals surface area contributed by atoms with E-state index in [0.717, 1.165) is 31.0 Å². The van der Waals surface area contributed by atoms with Crippen LogP contribution in [0, 0.1) is 17.6 Å². The van der Waals surface area contributed by atoms with Crippen molar-refractivity contribution in [1.82, 2.24) is 4.31 Å². The summed E-state index contributed by atoms with van der Waals surface area (Å²) in [5.74, 6) is -1.31. The molecule has 6 nitrogen and oxygen atoms in total. The first-order chi connectivity index (χ1) is 13.8. The van der Waals surface area contributed by atoms with Gasteiger partial charge in [0.15, 0.2) is 6.61 Å². The van der Waals surface area contributed by atoms with Gasteiger partial charge in [0.2, 0.25) is 10.0 Å². The molecule has 0 radical (unpaired) electrons. The van der Waals surface area contributed by atoms with Gasteiger partial charge in [-0.3, -0.25) is 4.79 Å². The number of benzene rings is 2. The second kappa shape index (κ2) is 8.87. The van der Waals surface area contributed by atoms with Crippen LogP contribution in [0.1, 0.15) is 19.8 Å². The van der Waals surface area contributed by atoms with Crippen molar-refractivity contribution in [3.8, 4) is 5.75 Å². The lowest BCUT2D eigenvalue weighted by Gasteiger charge is -2.29. The van der Waals surface area contributed by atoms with E-state index in [2.05, 4.69) is 12.2 Å². The Labute approximate surface area is 168 Å². The summed E-state index contributed by atoms with van der Waals surface area (Å²) < 4.78 is 58.8. The van der Waals surface area contributed by atoms with Crippen LogP contribution in [0.5, 0.6) is 5.75 Å². The molecule has 3 rings (SSSR count). The largest absolute Gasteiger partial charge is 0.484 e. The molecule has 1 saturated heterocycles. The van der Waals surface area contributed by atoms with E-state index in [1.165, 1.54) is 28.6 Å². The fourth-order valence-electron chi connectivity index (χ4n) is 3.01. The van der Waals surface area contributed by atoms with Gasteiger partial charge in [0.25, 0.3) is 5.91 Å². The minimum absolute atomic E-state index is 0.158. The molecule has 1 aliphatic heterocycles. The molecule has 0 atom stereocenters. The monoisotopic (exact) mass is 424 g/mol. The number of nitrogens with one attached hydrogen (secondary N) is 1. The Hall–Kier alpha value is -2.52. The van der Waals surface area contributed by atoms with Crippen LogP contribution in [0.25, 0.3) is 0 Å². The fourth-order valence-corrected chi connectivity index (χ4v) is 4.48. The highest BCUT2D eigenvalue weighted by atomic mass is 32.2. The van der Waals surface area contributed by atoms with Crippen molar-refractivity contribution >= 4 is 21.6 Å². The van der Waals surface area contributed by atoms with Crippen molar-refractivity contribution in [2.75, 3.05) is 25.0 Å². The number of amides is 1. The molecule has 0 aliphatic carbocycles. The predicted octanol–water partition coefficient (Wildman–Crippen LogP) is 3.40. The number of carbonyl (C=O) groups excluding carboxylic acids is 1. The first-order valence-electron chi connectivity index (χ1n) is 9.23. The molecule has 1 N–H and O–H groups in total. The molecule has 2 aromatic rings. The van der Waals surface area contributed by atoms with Crippen molar-refractivity contribution in [2.24, 2.45) is 5.92 Å². The molecule has 1 aliphatic rings. The third-order valence-electron chi connectivity index (χ3n) is 4.78. The lowest BCUT2D eigenvalue weighted by molar-refractivity contribution is -0.118. The summed E-state index contributed by atoms with van der Waals surface area (Å²) in [5, 5.41) is 2.22. The molecular weight excluding hydrogens is 402 g/mol. The summed E-state index contributed by atoms with van der Waals surface area (Å²) in [6.45, 7) is 2.66. The fraction of sp³-hybridized carbons (Fsp3) is 0.350. The van der Waals surface area contributed by atoms with E-state index >= 15 is 0 Å². The third-order valence-corrected chi connectivity index (χ3v) is 6.69. The highest BCUT2D eigenvalue weighted by Gasteiger charge is 2.27. The number of sulfonamides is 1. The van der Waals surface area contributed by atoms with Gasteiger partial charge in [-0.15, -0.1) is 0 Å². The van der Waals surface area contributed by atoms with Gasteiger partial charge in [-0.1, -0.05) is 6.92 Å². The van der Waals surface area contributed by atoms with Gasteiger partial charge >= 0.3 is 0 Å². The van der Waals surface area contributed by atoms with E-state index in [1.54, 1.807) is 0 Å². The smallest absolute Gasteiger partial charge is 0.262 e. The number of anilines is 1. The van der Waals surface area contributed by atoms with Crippen molar-refractivity contribution in [1.29, 1.82) is 0 Å². The van der Waals surface area contributed by atoms with Crippen LogP contribution < -0.4 is 10.1 Å². The van der Waals surface area contributed by atoms with Gasteiger partial charge in [0.1, 0.15) is 17.4 Å². The van der Waals surface area contributed by atoms with Crippen LogP contribution in [0.3, 0.4) is 0 Å². The zero-order chi connectivity index (χ0) is 21.0. The quantitative estimate of drug-likeness (QED) is 0.771. The predicted molar refractivity (Wildman–Crippen MR) is 104 cm³/mol. The van der Waals surface area contributed by atoms with Crippen molar-refractivity contribution in [2.45, 2.75) is 24.7 Å². The Balaban J connectivity index is 1.57. The second-order valence-electron chi connectivity index (χ2n) is 7.02. The molecule has 0 aromatic heterocycles. The molecule has 1 amide bonds. The molecule has 0 saturated carbocycles. The average Bonchev–Trinajstić information content (AvgIpc) is 2.70. The van der Waals surface area contributed by atoms with Gasteiger partial charge < -0.3 is 10.1 Å². The minimum atomic E-state index is -3.56. The highest BCUT2D eigenvalue weighted by molar-refractivity contribution is 7.89. The number of hydrogen-bond acceptors (Lipinski definition) is 4. The van der Waals surface area contributed by atoms with Gasteiger partial charge in [-0.2, -0.15) is 4.31 Å². The van der Waals surface area contributed by atoms with Crippen LogP contribution in [0.4, 0.5) is 14.5 Å². The maximum Gasteiger partial charge on any atom is 0.262 e. The first kappa shape index (κ1) is 21.2. The van der Waals surface area contributed by atoms with Crippen molar-refractivity contribution < 1.29 is 26.7 Å². The molecule has 9 heteroatoms. The first-order valence-corrected chi connectivity index (χ1v) is 10.7. The van der Waals surface area contributed by atoms with Gasteiger partial charge in [-0.05, 0) is 55.2 Å². The summed E-state index contributed by atoms with van der Waals surface area (Å²) in [5.41, 5.74) is -0.282. The maximum absolute atomic E-state index is 13.5. The number of rotatable bonds is 6. The summed E-state index contributed by atoms with van der Waals surface area (Å²) in [6.07, 6.45) is 1.67. The van der Waals surface area contributed by atoms with Gasteiger partial charge in [0.05, 0.1) is 10.6 Å². The SMILES string of the molecule is CC1CCN(S(=O)(=O)c2ccc(OCC(=O)Nc3cc(F)ccc3F)cc2)CC1. The minimum Gasteiger partial charge on any atom is -0.484 e. The number of piperidine rings is 1. The molecule has 0 spiro atoms. The summed E-state index contributed by atoms with van der Waals surface area (Å²) in [6, 6.07) is 8.48. The molecule has 29 heavy (non-hydrogen) atoms. The Morgan fingerprint density at radius 2 is 1.79 bits per heavy atom. The van der Waals surface area contributed by atoms with Crippen molar-refractivity contribution in [3.05, 3.63) is 54.1 Å². The number of halogens is 2. The number of nitrogens with zero attached hydrogens (tertiary/aromatic N) is 1. The normalized spacial score (nSPS) is 15.8. The lowest BCUT2D eigenvalue weighted by atomic mass is 10.0. The molecular formula is C20H22F2N2O4S. The summed E-state index contributed by atoms with van der Waals surface area (Å²) in [4.78, 5) is 12.0. The summed E-state index contributed by atoms with van der Waals surface area (Å²) >= 11 is 0. The van der Waals surface area contributed by atoms with E-state index in [-0.39, 0.29) is 16.3 Å². The number of hydrogen-bond donors (Lipinski definition) is 1.